The molecule has 0 spiro atoms. The zero-order chi connectivity index (χ0) is 76.5. The molecule has 0 aliphatic rings. The first-order valence-corrected chi connectivity index (χ1v) is 39.1. The van der Waals surface area contributed by atoms with E-state index in [2.05, 4.69) is 196 Å². The molecule has 16 aromatic rings. The molecular weight excluding hydrogens is 1340 g/mol. The van der Waals surface area contributed by atoms with E-state index >= 15 is 0 Å². The van der Waals surface area contributed by atoms with E-state index in [1.165, 1.54) is 11.1 Å². The van der Waals surface area contributed by atoms with Crippen LogP contribution in [0.4, 0.5) is 0 Å². The highest BCUT2D eigenvalue weighted by Gasteiger charge is 2.44. The lowest BCUT2D eigenvalue weighted by atomic mass is 9.60. The molecule has 0 amide bonds. The molecule has 0 aliphatic carbocycles. The van der Waals surface area contributed by atoms with Crippen LogP contribution < -0.4 is 71.0 Å². The van der Waals surface area contributed by atoms with Gasteiger partial charge in [0.05, 0.1) is 27.8 Å². The summed E-state index contributed by atoms with van der Waals surface area (Å²) in [6.45, 7) is 13.5. The number of nitrogens with zero attached hydrogens (tertiary/aromatic N) is 4. The van der Waals surface area contributed by atoms with E-state index in [0.717, 1.165) is 73.0 Å². The number of hydrogen-bond acceptors (Lipinski definition) is 2. The predicted octanol–water partition coefficient (Wildman–Crippen LogP) is 9.27. The highest BCUT2D eigenvalue weighted by Crippen LogP contribution is 2.76. The van der Waals surface area contributed by atoms with Gasteiger partial charge in [-0.15, -0.1) is 52.8 Å². The van der Waals surface area contributed by atoms with Gasteiger partial charge >= 0.3 is 0 Å². The first-order chi connectivity index (χ1) is 52.3. The number of benzene rings is 13. The van der Waals surface area contributed by atoms with Gasteiger partial charge in [-0.25, -0.2) is 4.98 Å². The molecule has 13 aromatic carbocycles. The minimum Gasteiger partial charge on any atom is -0.294 e. The Balaban J connectivity index is 1.15. The van der Waals surface area contributed by atoms with E-state index in [4.69, 9.17) is 112 Å². The normalized spacial score (nSPS) is 12.5. The molecule has 0 bridgehead atoms. The second-order valence-corrected chi connectivity index (χ2v) is 35.9. The van der Waals surface area contributed by atoms with Crippen LogP contribution in [0.25, 0.3) is 88.9 Å². The van der Waals surface area contributed by atoms with Gasteiger partial charge in [0, 0.05) is 57.0 Å². The SMILES string of the molecule is [B]c1c([B])c([B])c(-c2cccc(S(c3ccccc3)(c3ccccc3)c3c([B])c(-c4cc(-n5c6ccc(C(C)(C)C)cc6c6cc(C(C)(C)C)ccc65)nc(-n5c6ccccc6c6ccccc65)n4)c([B])c(S(c4ccccc4)(c4ccccc4)c4cccc(-c5c([B])c([B])c([B])c([B])c5[B])c4)c3[B])c2)c([B])c1[B]. The van der Waals surface area contributed by atoms with Crippen molar-refractivity contribution in [2.45, 2.75) is 91.5 Å². The van der Waals surface area contributed by atoms with Crippen LogP contribution in [0, 0.1) is 0 Å². The molecule has 4 nitrogen and oxygen atoms in total. The van der Waals surface area contributed by atoms with Crippen molar-refractivity contribution in [3.63, 3.8) is 0 Å². The van der Waals surface area contributed by atoms with Crippen LogP contribution in [0.5, 0.6) is 0 Å². The lowest BCUT2D eigenvalue weighted by molar-refractivity contribution is 0.590. The summed E-state index contributed by atoms with van der Waals surface area (Å²) in [7, 11) is 88.4. The topological polar surface area (TPSA) is 35.6 Å². The summed E-state index contributed by atoms with van der Waals surface area (Å²) in [5.74, 6) is 0.887. The monoisotopic (exact) mass is 1400 g/mol. The van der Waals surface area contributed by atoms with Crippen molar-refractivity contribution in [3.05, 3.63) is 272 Å². The van der Waals surface area contributed by atoms with Crippen LogP contribution in [0.15, 0.2) is 300 Å². The molecule has 0 unspecified atom stereocenters. The third kappa shape index (κ3) is 11.7. The van der Waals surface area contributed by atoms with Crippen molar-refractivity contribution < 1.29 is 0 Å². The summed E-state index contributed by atoms with van der Waals surface area (Å²) in [5, 5.41) is 4.14. The Hall–Kier alpha value is -9.92. The van der Waals surface area contributed by atoms with E-state index in [-0.39, 0.29) is 76.4 Å². The zero-order valence-electron chi connectivity index (χ0n) is 61.4. The van der Waals surface area contributed by atoms with Crippen LogP contribution in [0.2, 0.25) is 0 Å². The number of fused-ring (bicyclic) bond motifs is 6. The van der Waals surface area contributed by atoms with Crippen LogP contribution in [0.1, 0.15) is 52.7 Å². The Labute approximate surface area is 659 Å². The first kappa shape index (κ1) is 73.2. The molecule has 3 aromatic heterocycles. The molecule has 0 atom stereocenters. The average molecular weight is 1400 g/mol. The fraction of sp³-hybridized carbons (Fsp3) is 0.0889. The number of rotatable bonds is 13. The average Bonchev–Trinajstić information content (AvgIpc) is 1.55. The molecule has 492 valence electrons. The molecule has 0 N–H and O–H groups in total. The zero-order valence-corrected chi connectivity index (χ0v) is 63.1. The summed E-state index contributed by atoms with van der Waals surface area (Å²) >= 11 is 0. The Morgan fingerprint density at radius 3 is 0.936 bits per heavy atom. The van der Waals surface area contributed by atoms with E-state index in [0.29, 0.717) is 60.5 Å². The molecule has 0 saturated heterocycles. The smallest absolute Gasteiger partial charge is 0.237 e. The molecule has 0 fully saturated rings. The number of para-hydroxylation sites is 2. The van der Waals surface area contributed by atoms with Gasteiger partial charge in [0.2, 0.25) is 5.95 Å². The fourth-order valence-corrected chi connectivity index (χ4v) is 24.1. The van der Waals surface area contributed by atoms with Gasteiger partial charge < -0.3 is 0 Å². The van der Waals surface area contributed by atoms with Crippen LogP contribution in [-0.2, 0) is 10.8 Å². The molecule has 19 heteroatoms. The van der Waals surface area contributed by atoms with E-state index in [1.54, 1.807) is 0 Å². The van der Waals surface area contributed by atoms with E-state index in [9.17, 15) is 0 Å². The van der Waals surface area contributed by atoms with Gasteiger partial charge in [-0.3, -0.25) is 9.13 Å². The lowest BCUT2D eigenvalue weighted by Crippen LogP contribution is -2.55. The van der Waals surface area contributed by atoms with Gasteiger partial charge in [-0.2, -0.15) is 4.98 Å². The van der Waals surface area contributed by atoms with Gasteiger partial charge in [-0.1, -0.05) is 225 Å². The van der Waals surface area contributed by atoms with Crippen LogP contribution in [0.3, 0.4) is 0 Å². The maximum Gasteiger partial charge on any atom is 0.237 e. The Kier molecular flexibility index (Phi) is 18.7. The fourth-order valence-electron chi connectivity index (χ4n) is 15.8. The second-order valence-electron chi connectivity index (χ2n) is 29.8. The molecule has 109 heavy (non-hydrogen) atoms. The molecule has 0 aliphatic heterocycles. The number of hydrogen-bond donors (Lipinski definition) is 0. The van der Waals surface area contributed by atoms with Crippen molar-refractivity contribution in [1.29, 1.82) is 0 Å². The highest BCUT2D eigenvalue weighted by molar-refractivity contribution is 8.35. The summed E-state index contributed by atoms with van der Waals surface area (Å²) in [6, 6.07) is 89.7. The van der Waals surface area contributed by atoms with Gasteiger partial charge in [0.1, 0.15) is 108 Å². The van der Waals surface area contributed by atoms with Crippen LogP contribution in [-0.4, -0.2) is 121 Å². The lowest BCUT2D eigenvalue weighted by Gasteiger charge is -2.50. The van der Waals surface area contributed by atoms with Gasteiger partial charge in [-0.05, 0) is 169 Å². The summed E-state index contributed by atoms with van der Waals surface area (Å²) in [4.78, 5) is 17.9. The van der Waals surface area contributed by atoms with Gasteiger partial charge in [0.15, 0.2) is 0 Å². The molecule has 3 heterocycles. The van der Waals surface area contributed by atoms with Crippen molar-refractivity contribution in [2.75, 3.05) is 0 Å². The van der Waals surface area contributed by atoms with Crippen molar-refractivity contribution in [2.24, 2.45) is 0 Å². The summed E-state index contributed by atoms with van der Waals surface area (Å²) < 4.78 is 4.39. The predicted molar refractivity (Wildman–Crippen MR) is 474 cm³/mol. The van der Waals surface area contributed by atoms with Crippen molar-refractivity contribution in [3.8, 4) is 45.3 Å². The minimum atomic E-state index is -3.15. The second kappa shape index (κ2) is 27.9. The third-order valence-corrected chi connectivity index (χ3v) is 29.3. The summed E-state index contributed by atoms with van der Waals surface area (Å²) in [5.41, 5.74) is 10.4. The maximum absolute atomic E-state index is 8.85. The third-order valence-electron chi connectivity index (χ3n) is 21.3. The largest absolute Gasteiger partial charge is 0.294 e. The first-order valence-electron chi connectivity index (χ1n) is 35.9. The Morgan fingerprint density at radius 2 is 0.578 bits per heavy atom. The van der Waals surface area contributed by atoms with E-state index in [1.807, 2.05) is 115 Å². The molecule has 26 radical (unpaired) electrons. The van der Waals surface area contributed by atoms with E-state index < -0.39 is 20.1 Å². The standard InChI is InChI=1S/C90H61B13N4S2/c1-89(2,3)52-41-43-67-62(47-52)63-48-53(90(4,5)6)42-44-68(63)106(67)69-49-64(104-88(105-69)107-65-39-21-19-37-60(65)61-38-20-22-40-66(61)107)72-77(95)86(108(54-27-11-7-12-28-54,55-29-13-8-14-30-55)58-35-23-25-50(45-58)70-73(91)79(97)83(101)80(98)74(70)92)85(103)87(78(72)96)109(56-31-15-9-16-32-56,57-33-17-10-18-34-57)59-36-24-26-51(46-59)71-75(93)81(99)84(102)82(100)76(71)94/h7-49H,1-6H3. The summed E-state index contributed by atoms with van der Waals surface area (Å²) in [6.07, 6.45) is 0. The van der Waals surface area contributed by atoms with Gasteiger partial charge in [0.25, 0.3) is 0 Å². The molecular formula is C90H61B13N4S2. The van der Waals surface area contributed by atoms with Crippen molar-refractivity contribution >= 4 is 237 Å². The molecule has 16 rings (SSSR count). The quantitative estimate of drug-likeness (QED) is 0.108. The highest BCUT2D eigenvalue weighted by atomic mass is 32.3. The molecule has 0 saturated carbocycles. The van der Waals surface area contributed by atoms with Crippen LogP contribution >= 0.6 is 20.1 Å². The minimum absolute atomic E-state index is 0.0876. The number of aromatic nitrogens is 4. The Morgan fingerprint density at radius 1 is 0.257 bits per heavy atom. The Bertz CT molecular complexity index is 5890. The van der Waals surface area contributed by atoms with Crippen molar-refractivity contribution in [1.82, 2.24) is 19.1 Å². The maximum atomic E-state index is 8.85.